The summed E-state index contributed by atoms with van der Waals surface area (Å²) in [5, 5.41) is 3.15. The smallest absolute Gasteiger partial charge is 0.224 e. The minimum Gasteiger partial charge on any atom is -0.349 e. The van der Waals surface area contributed by atoms with Gasteiger partial charge in [-0.05, 0) is 43.4 Å². The first-order valence-electron chi connectivity index (χ1n) is 6.98. The highest BCUT2D eigenvalue weighted by atomic mass is 35.5. The molecule has 1 fully saturated rings. The topological polar surface area (TPSA) is 29.1 Å². The molecule has 1 aromatic carbocycles. The number of amides is 1. The van der Waals surface area contributed by atoms with Gasteiger partial charge in [0.05, 0.1) is 12.0 Å². The molecule has 1 aliphatic carbocycles. The number of halogens is 1. The molecule has 0 bridgehead atoms. The molecule has 0 atom stereocenters. The molecule has 0 aromatic heterocycles. The van der Waals surface area contributed by atoms with Gasteiger partial charge in [0, 0.05) is 5.88 Å². The lowest BCUT2D eigenvalue weighted by atomic mass is 9.99. The molecule has 1 aromatic rings. The van der Waals surface area contributed by atoms with Crippen molar-refractivity contribution in [3.63, 3.8) is 0 Å². The van der Waals surface area contributed by atoms with Crippen molar-refractivity contribution in [2.75, 3.05) is 5.88 Å². The highest BCUT2D eigenvalue weighted by Gasteiger charge is 2.34. The average Bonchev–Trinajstić information content (AvgIpc) is 2.83. The van der Waals surface area contributed by atoms with Crippen molar-refractivity contribution in [1.29, 1.82) is 0 Å². The van der Waals surface area contributed by atoms with Crippen molar-refractivity contribution in [3.8, 4) is 0 Å². The normalized spacial score (nSPS) is 17.4. The molecule has 2 nitrogen and oxygen atoms in total. The van der Waals surface area contributed by atoms with Gasteiger partial charge >= 0.3 is 0 Å². The van der Waals surface area contributed by atoms with Crippen LogP contribution in [0.3, 0.4) is 0 Å². The van der Waals surface area contributed by atoms with Crippen LogP contribution in [-0.2, 0) is 11.2 Å². The van der Waals surface area contributed by atoms with Gasteiger partial charge in [0.1, 0.15) is 0 Å². The van der Waals surface area contributed by atoms with Crippen LogP contribution in [0.2, 0.25) is 0 Å². The van der Waals surface area contributed by atoms with Gasteiger partial charge in [0.2, 0.25) is 5.91 Å². The summed E-state index contributed by atoms with van der Waals surface area (Å²) < 4.78 is 0. The first-order chi connectivity index (χ1) is 9.04. The van der Waals surface area contributed by atoms with E-state index in [0.717, 1.165) is 31.2 Å². The van der Waals surface area contributed by atoms with Crippen LogP contribution in [0.4, 0.5) is 0 Å². The monoisotopic (exact) mass is 279 g/mol. The third kappa shape index (κ3) is 3.50. The number of aryl methyl sites for hydroxylation is 2. The van der Waals surface area contributed by atoms with Crippen molar-refractivity contribution in [1.82, 2.24) is 5.32 Å². The molecule has 0 heterocycles. The molecular weight excluding hydrogens is 258 g/mol. The molecule has 0 radical (unpaired) electrons. The van der Waals surface area contributed by atoms with Crippen molar-refractivity contribution in [3.05, 3.63) is 34.9 Å². The van der Waals surface area contributed by atoms with E-state index in [-0.39, 0.29) is 11.4 Å². The zero-order valence-electron chi connectivity index (χ0n) is 11.8. The summed E-state index contributed by atoms with van der Waals surface area (Å²) in [6.07, 6.45) is 4.79. The van der Waals surface area contributed by atoms with Crippen LogP contribution in [0, 0.1) is 13.8 Å². The van der Waals surface area contributed by atoms with E-state index in [4.69, 9.17) is 11.6 Å². The Kier molecular flexibility index (Phi) is 4.51. The maximum Gasteiger partial charge on any atom is 0.224 e. The fraction of sp³-hybridized carbons (Fsp3) is 0.562. The summed E-state index contributed by atoms with van der Waals surface area (Å²) >= 11 is 6.04. The molecule has 1 saturated carbocycles. The molecule has 0 aliphatic heterocycles. The first-order valence-corrected chi connectivity index (χ1v) is 7.51. The van der Waals surface area contributed by atoms with Crippen molar-refractivity contribution in [2.45, 2.75) is 51.5 Å². The Morgan fingerprint density at radius 1 is 1.26 bits per heavy atom. The van der Waals surface area contributed by atoms with E-state index in [1.165, 1.54) is 11.1 Å². The predicted molar refractivity (Wildman–Crippen MR) is 79.7 cm³/mol. The van der Waals surface area contributed by atoms with E-state index in [1.807, 2.05) is 6.07 Å². The third-order valence-electron chi connectivity index (χ3n) is 4.16. The van der Waals surface area contributed by atoms with Crippen LogP contribution >= 0.6 is 11.6 Å². The summed E-state index contributed by atoms with van der Waals surface area (Å²) in [4.78, 5) is 12.2. The molecule has 0 spiro atoms. The third-order valence-corrected chi connectivity index (χ3v) is 4.67. The number of carbonyl (C=O) groups excluding carboxylic acids is 1. The Bertz CT molecular complexity index is 464. The van der Waals surface area contributed by atoms with E-state index < -0.39 is 0 Å². The molecule has 19 heavy (non-hydrogen) atoms. The minimum atomic E-state index is -0.154. The quantitative estimate of drug-likeness (QED) is 0.840. The Morgan fingerprint density at radius 3 is 2.53 bits per heavy atom. The standard InChI is InChI=1S/C16H22ClNO/c1-12-5-6-14(9-13(12)2)10-15(19)18-16(11-17)7-3-4-8-16/h5-6,9H,3-4,7-8,10-11H2,1-2H3,(H,18,19). The lowest BCUT2D eigenvalue weighted by Gasteiger charge is -2.27. The van der Waals surface area contributed by atoms with Gasteiger partial charge in [0.15, 0.2) is 0 Å². The predicted octanol–water partition coefficient (Wildman–Crippen LogP) is 3.51. The van der Waals surface area contributed by atoms with Gasteiger partial charge in [-0.15, -0.1) is 11.6 Å². The van der Waals surface area contributed by atoms with E-state index >= 15 is 0 Å². The molecular formula is C16H22ClNO. The van der Waals surface area contributed by atoms with E-state index in [9.17, 15) is 4.79 Å². The van der Waals surface area contributed by atoms with Crippen LogP contribution in [0.15, 0.2) is 18.2 Å². The second-order valence-corrected chi connectivity index (χ2v) is 6.03. The lowest BCUT2D eigenvalue weighted by Crippen LogP contribution is -2.48. The van der Waals surface area contributed by atoms with E-state index in [1.54, 1.807) is 0 Å². The van der Waals surface area contributed by atoms with Gasteiger partial charge in [-0.1, -0.05) is 31.0 Å². The van der Waals surface area contributed by atoms with Crippen LogP contribution < -0.4 is 5.32 Å². The molecule has 0 saturated heterocycles. The summed E-state index contributed by atoms with van der Waals surface area (Å²) in [5.41, 5.74) is 3.41. The first kappa shape index (κ1) is 14.4. The number of benzene rings is 1. The van der Waals surface area contributed by atoms with Crippen LogP contribution in [0.25, 0.3) is 0 Å². The summed E-state index contributed by atoms with van der Waals surface area (Å²) in [6.45, 7) is 4.16. The van der Waals surface area contributed by atoms with Gasteiger partial charge in [0.25, 0.3) is 0 Å². The average molecular weight is 280 g/mol. The van der Waals surface area contributed by atoms with Crippen molar-refractivity contribution in [2.24, 2.45) is 0 Å². The van der Waals surface area contributed by atoms with Gasteiger partial charge in [-0.2, -0.15) is 0 Å². The zero-order chi connectivity index (χ0) is 13.9. The number of alkyl halides is 1. The van der Waals surface area contributed by atoms with Gasteiger partial charge in [-0.25, -0.2) is 0 Å². The lowest BCUT2D eigenvalue weighted by molar-refractivity contribution is -0.122. The molecule has 104 valence electrons. The van der Waals surface area contributed by atoms with Crippen LogP contribution in [0.1, 0.15) is 42.4 Å². The summed E-state index contributed by atoms with van der Waals surface area (Å²) in [7, 11) is 0. The Hall–Kier alpha value is -1.02. The number of hydrogen-bond donors (Lipinski definition) is 1. The molecule has 2 rings (SSSR count). The number of hydrogen-bond acceptors (Lipinski definition) is 1. The van der Waals surface area contributed by atoms with Crippen LogP contribution in [-0.4, -0.2) is 17.3 Å². The highest BCUT2D eigenvalue weighted by Crippen LogP contribution is 2.30. The largest absolute Gasteiger partial charge is 0.349 e. The zero-order valence-corrected chi connectivity index (χ0v) is 12.5. The Labute approximate surface area is 120 Å². The SMILES string of the molecule is Cc1ccc(CC(=O)NC2(CCl)CCCC2)cc1C. The number of nitrogens with one attached hydrogen (secondary N) is 1. The second-order valence-electron chi connectivity index (χ2n) is 5.76. The molecule has 1 aliphatic rings. The summed E-state index contributed by atoms with van der Waals surface area (Å²) in [6, 6.07) is 6.20. The summed E-state index contributed by atoms with van der Waals surface area (Å²) in [5.74, 6) is 0.608. The van der Waals surface area contributed by atoms with Crippen molar-refractivity contribution < 1.29 is 4.79 Å². The Balaban J connectivity index is 1.99. The van der Waals surface area contributed by atoms with E-state index in [2.05, 4.69) is 31.3 Å². The maximum atomic E-state index is 12.2. The Morgan fingerprint density at radius 2 is 1.95 bits per heavy atom. The van der Waals surface area contributed by atoms with Crippen molar-refractivity contribution >= 4 is 17.5 Å². The minimum absolute atomic E-state index is 0.0887. The molecule has 1 N–H and O–H groups in total. The number of rotatable bonds is 4. The maximum absolute atomic E-state index is 12.2. The fourth-order valence-electron chi connectivity index (χ4n) is 2.78. The molecule has 3 heteroatoms. The van der Waals surface area contributed by atoms with E-state index in [0.29, 0.717) is 12.3 Å². The van der Waals surface area contributed by atoms with Crippen LogP contribution in [0.5, 0.6) is 0 Å². The molecule has 0 unspecified atom stereocenters. The fourth-order valence-corrected chi connectivity index (χ4v) is 3.12. The van der Waals surface area contributed by atoms with Gasteiger partial charge < -0.3 is 5.32 Å². The number of carbonyl (C=O) groups is 1. The van der Waals surface area contributed by atoms with Gasteiger partial charge in [-0.3, -0.25) is 4.79 Å². The molecule has 1 amide bonds. The highest BCUT2D eigenvalue weighted by molar-refractivity contribution is 6.18. The second kappa shape index (κ2) is 5.96.